The number of hydrogen-bond acceptors (Lipinski definition) is 6. The Bertz CT molecular complexity index is 1620. The summed E-state index contributed by atoms with van der Waals surface area (Å²) in [5.74, 6) is 0.727. The number of carbonyl (C=O) groups excluding carboxylic acids is 1. The molecule has 0 saturated carbocycles. The molecule has 2 aromatic carbocycles. The van der Waals surface area contributed by atoms with Gasteiger partial charge in [-0.3, -0.25) is 25.4 Å². The lowest BCUT2D eigenvalue weighted by atomic mass is 10.1. The fraction of sp³-hybridized carbons (Fsp3) is 0.179. The number of amides is 1. The molecule has 0 aliphatic heterocycles. The highest BCUT2D eigenvalue weighted by molar-refractivity contribution is 6.31. The van der Waals surface area contributed by atoms with E-state index in [1.165, 1.54) is 0 Å². The number of anilines is 1. The van der Waals surface area contributed by atoms with E-state index in [-0.39, 0.29) is 18.5 Å². The van der Waals surface area contributed by atoms with E-state index in [1.807, 2.05) is 68.6 Å². The molecular formula is C28H26ClN7O2. The van der Waals surface area contributed by atoms with Crippen molar-refractivity contribution in [3.05, 3.63) is 89.0 Å². The first-order valence-electron chi connectivity index (χ1n) is 12.1. The molecule has 3 N–H and O–H groups in total. The first-order valence-corrected chi connectivity index (χ1v) is 12.5. The van der Waals surface area contributed by atoms with Crippen LogP contribution in [0.5, 0.6) is 5.75 Å². The van der Waals surface area contributed by atoms with Gasteiger partial charge in [0.1, 0.15) is 11.3 Å². The molecule has 0 bridgehead atoms. The van der Waals surface area contributed by atoms with Crippen molar-refractivity contribution in [1.82, 2.24) is 25.3 Å². The highest BCUT2D eigenvalue weighted by Gasteiger charge is 2.12. The largest absolute Gasteiger partial charge is 0.481 e. The van der Waals surface area contributed by atoms with E-state index in [4.69, 9.17) is 16.3 Å². The maximum atomic E-state index is 12.9. The van der Waals surface area contributed by atoms with Crippen LogP contribution in [0, 0.1) is 13.8 Å². The molecule has 3 aromatic heterocycles. The van der Waals surface area contributed by atoms with Gasteiger partial charge in [0, 0.05) is 51.6 Å². The number of aryl methyl sites for hydroxylation is 2. The van der Waals surface area contributed by atoms with E-state index in [0.29, 0.717) is 35.2 Å². The second-order valence-corrected chi connectivity index (χ2v) is 9.19. The zero-order chi connectivity index (χ0) is 26.5. The normalized spacial score (nSPS) is 11.6. The number of rotatable bonds is 7. The van der Waals surface area contributed by atoms with Crippen molar-refractivity contribution >= 4 is 51.2 Å². The van der Waals surface area contributed by atoms with Crippen LogP contribution < -0.4 is 15.4 Å². The summed E-state index contributed by atoms with van der Waals surface area (Å²) in [4.78, 5) is 33.9. The van der Waals surface area contributed by atoms with Crippen molar-refractivity contribution in [2.45, 2.75) is 20.3 Å². The number of halogens is 1. The fourth-order valence-electron chi connectivity index (χ4n) is 4.15. The molecule has 0 radical (unpaired) electrons. The minimum absolute atomic E-state index is 0.217. The predicted octanol–water partition coefficient (Wildman–Crippen LogP) is 4.98. The Morgan fingerprint density at radius 2 is 1.89 bits per heavy atom. The standard InChI is InChI=1S/C28H26ClN7O2/c1-17-13-18(2)34-28(33-17)36-27(31-12-10-20-15-32-23-9-8-21(29)14-22(20)23)35-25(37)16-38-24-7-3-5-19-6-4-11-30-26(19)24/h3-9,11,13-15,32H,10,12,16H2,1-2H3,(H2,31,33,34,35,36,37). The molecule has 0 aliphatic rings. The first-order chi connectivity index (χ1) is 18.4. The molecule has 0 spiro atoms. The van der Waals surface area contributed by atoms with Gasteiger partial charge in [-0.05, 0) is 62.2 Å². The Hall–Kier alpha value is -4.50. The third kappa shape index (κ3) is 6.07. The van der Waals surface area contributed by atoms with E-state index in [9.17, 15) is 4.79 Å². The van der Waals surface area contributed by atoms with Crippen LogP contribution in [0.2, 0.25) is 5.02 Å². The average Bonchev–Trinajstić information content (AvgIpc) is 3.28. The molecule has 3 heterocycles. The number of hydrogen-bond donors (Lipinski definition) is 3. The van der Waals surface area contributed by atoms with Crippen molar-refractivity contribution in [3.63, 3.8) is 0 Å². The van der Waals surface area contributed by atoms with Crippen molar-refractivity contribution < 1.29 is 9.53 Å². The summed E-state index contributed by atoms with van der Waals surface area (Å²) in [7, 11) is 0. The van der Waals surface area contributed by atoms with Crippen LogP contribution in [0.1, 0.15) is 17.0 Å². The average molecular weight is 528 g/mol. The quantitative estimate of drug-likeness (QED) is 0.203. The van der Waals surface area contributed by atoms with Crippen molar-refractivity contribution in [2.24, 2.45) is 4.99 Å². The molecule has 0 saturated heterocycles. The Morgan fingerprint density at radius 3 is 2.74 bits per heavy atom. The van der Waals surface area contributed by atoms with Crippen LogP contribution in [0.25, 0.3) is 21.8 Å². The van der Waals surface area contributed by atoms with Gasteiger partial charge in [0.25, 0.3) is 5.91 Å². The van der Waals surface area contributed by atoms with Crippen LogP contribution in [0.15, 0.2) is 72.0 Å². The molecule has 10 heteroatoms. The lowest BCUT2D eigenvalue weighted by Gasteiger charge is -2.13. The second-order valence-electron chi connectivity index (χ2n) is 8.75. The number of H-pyrrole nitrogens is 1. The van der Waals surface area contributed by atoms with Crippen LogP contribution >= 0.6 is 11.6 Å². The maximum absolute atomic E-state index is 12.9. The first kappa shape index (κ1) is 25.2. The van der Waals surface area contributed by atoms with Crippen LogP contribution in [-0.4, -0.2) is 45.0 Å². The number of benzene rings is 2. The van der Waals surface area contributed by atoms with Crippen LogP contribution in [0.3, 0.4) is 0 Å². The Balaban J connectivity index is 1.30. The van der Waals surface area contributed by atoms with Gasteiger partial charge in [0.2, 0.25) is 11.9 Å². The number of nitrogens with one attached hydrogen (secondary N) is 3. The number of carbonyl (C=O) groups is 1. The Kier molecular flexibility index (Phi) is 7.46. The van der Waals surface area contributed by atoms with E-state index in [1.54, 1.807) is 12.3 Å². The molecule has 38 heavy (non-hydrogen) atoms. The van der Waals surface area contributed by atoms with Crippen molar-refractivity contribution in [1.29, 1.82) is 0 Å². The molecule has 192 valence electrons. The molecule has 0 unspecified atom stereocenters. The van der Waals surface area contributed by atoms with E-state index in [2.05, 4.69) is 35.6 Å². The van der Waals surface area contributed by atoms with E-state index in [0.717, 1.165) is 33.2 Å². The molecule has 5 rings (SSSR count). The summed E-state index contributed by atoms with van der Waals surface area (Å²) in [6.07, 6.45) is 4.27. The van der Waals surface area contributed by atoms with Gasteiger partial charge in [-0.15, -0.1) is 0 Å². The SMILES string of the molecule is Cc1cc(C)nc(NC(=NCCc2c[nH]c3ccc(Cl)cc23)NC(=O)COc2cccc3cccnc23)n1. The highest BCUT2D eigenvalue weighted by Crippen LogP contribution is 2.23. The van der Waals surface area contributed by atoms with Crippen molar-refractivity contribution in [2.75, 3.05) is 18.5 Å². The number of aliphatic imine (C=N–C) groups is 1. The Labute approximate surface area is 224 Å². The van der Waals surface area contributed by atoms with Gasteiger partial charge in [-0.1, -0.05) is 29.8 Å². The van der Waals surface area contributed by atoms with Gasteiger partial charge < -0.3 is 9.72 Å². The van der Waals surface area contributed by atoms with Gasteiger partial charge in [-0.25, -0.2) is 9.97 Å². The molecule has 0 aliphatic carbocycles. The molecule has 1 amide bonds. The minimum atomic E-state index is -0.382. The summed E-state index contributed by atoms with van der Waals surface area (Å²) in [5.41, 5.74) is 4.37. The summed E-state index contributed by atoms with van der Waals surface area (Å²) in [6.45, 7) is 3.94. The van der Waals surface area contributed by atoms with E-state index < -0.39 is 0 Å². The third-order valence-corrected chi connectivity index (χ3v) is 6.04. The molecular weight excluding hydrogens is 502 g/mol. The number of guanidine groups is 1. The molecule has 5 aromatic rings. The van der Waals surface area contributed by atoms with Gasteiger partial charge in [0.15, 0.2) is 6.61 Å². The summed E-state index contributed by atoms with van der Waals surface area (Å²) in [5, 5.41) is 8.48. The van der Waals surface area contributed by atoms with Gasteiger partial charge in [-0.2, -0.15) is 0 Å². The minimum Gasteiger partial charge on any atom is -0.481 e. The second kappa shape index (κ2) is 11.3. The molecule has 0 atom stereocenters. The highest BCUT2D eigenvalue weighted by atomic mass is 35.5. The zero-order valence-electron chi connectivity index (χ0n) is 21.0. The predicted molar refractivity (Wildman–Crippen MR) is 150 cm³/mol. The number of aromatic nitrogens is 4. The third-order valence-electron chi connectivity index (χ3n) is 5.81. The van der Waals surface area contributed by atoms with Gasteiger partial charge in [0.05, 0.1) is 0 Å². The molecule has 0 fully saturated rings. The number of nitrogens with zero attached hydrogens (tertiary/aromatic N) is 4. The van der Waals surface area contributed by atoms with Crippen LogP contribution in [0.4, 0.5) is 5.95 Å². The summed E-state index contributed by atoms with van der Waals surface area (Å²) in [6, 6.07) is 17.0. The maximum Gasteiger partial charge on any atom is 0.264 e. The number of fused-ring (bicyclic) bond motifs is 2. The number of aromatic amines is 1. The monoisotopic (exact) mass is 527 g/mol. The summed E-state index contributed by atoms with van der Waals surface area (Å²) >= 11 is 6.18. The lowest BCUT2D eigenvalue weighted by Crippen LogP contribution is -2.39. The topological polar surface area (TPSA) is 117 Å². The lowest BCUT2D eigenvalue weighted by molar-refractivity contribution is -0.121. The fourth-order valence-corrected chi connectivity index (χ4v) is 4.32. The van der Waals surface area contributed by atoms with E-state index >= 15 is 0 Å². The van der Waals surface area contributed by atoms with Gasteiger partial charge >= 0.3 is 0 Å². The van der Waals surface area contributed by atoms with Crippen LogP contribution in [-0.2, 0) is 11.2 Å². The summed E-state index contributed by atoms with van der Waals surface area (Å²) < 4.78 is 5.79. The van der Waals surface area contributed by atoms with Crippen molar-refractivity contribution in [3.8, 4) is 5.75 Å². The zero-order valence-corrected chi connectivity index (χ0v) is 21.7. The number of ether oxygens (including phenoxy) is 1. The number of pyridine rings is 1. The number of para-hydroxylation sites is 1. The molecule has 9 nitrogen and oxygen atoms in total. The smallest absolute Gasteiger partial charge is 0.264 e. The Morgan fingerprint density at radius 1 is 1.08 bits per heavy atom.